The summed E-state index contributed by atoms with van der Waals surface area (Å²) >= 11 is 0. The van der Waals surface area contributed by atoms with E-state index in [-0.39, 0.29) is 18.1 Å². The molecule has 5 atom stereocenters. The molecule has 0 aromatic carbocycles. The fourth-order valence-corrected chi connectivity index (χ4v) is 4.33. The first-order valence-electron chi connectivity index (χ1n) is 9.10. The summed E-state index contributed by atoms with van der Waals surface area (Å²) in [5.74, 6) is 1.67. The molecular weight excluding hydrogens is 290 g/mol. The Kier molecular flexibility index (Phi) is 5.42. The molecule has 0 N–H and O–H groups in total. The Morgan fingerprint density at radius 1 is 1.13 bits per heavy atom. The Hall–Kier alpha value is -1.06. The van der Waals surface area contributed by atoms with Crippen molar-refractivity contribution in [1.29, 1.82) is 0 Å². The summed E-state index contributed by atoms with van der Waals surface area (Å²) in [5, 5.41) is 0. The largest absolute Gasteiger partial charge is 0.444 e. The van der Waals surface area contributed by atoms with E-state index in [0.717, 1.165) is 19.3 Å². The van der Waals surface area contributed by atoms with Crippen LogP contribution < -0.4 is 0 Å². The zero-order chi connectivity index (χ0) is 17.4. The first kappa shape index (κ1) is 18.3. The highest BCUT2D eigenvalue weighted by Gasteiger charge is 2.44. The maximum Gasteiger partial charge on any atom is 0.410 e. The molecular formula is C19H33NO3. The van der Waals surface area contributed by atoms with Crippen molar-refractivity contribution in [3.8, 4) is 0 Å². The van der Waals surface area contributed by atoms with Gasteiger partial charge in [0.05, 0.1) is 0 Å². The lowest BCUT2D eigenvalue weighted by atomic mass is 9.68. The van der Waals surface area contributed by atoms with Gasteiger partial charge in [0.1, 0.15) is 11.4 Å². The van der Waals surface area contributed by atoms with E-state index >= 15 is 0 Å². The van der Waals surface area contributed by atoms with Crippen molar-refractivity contribution >= 4 is 11.9 Å². The van der Waals surface area contributed by atoms with E-state index < -0.39 is 5.60 Å². The van der Waals surface area contributed by atoms with E-state index in [4.69, 9.17) is 4.74 Å². The summed E-state index contributed by atoms with van der Waals surface area (Å²) in [6, 6.07) is 0.00333. The number of hydrogen-bond acceptors (Lipinski definition) is 3. The Balaban J connectivity index is 2.20. The monoisotopic (exact) mass is 323 g/mol. The predicted octanol–water partition coefficient (Wildman–Crippen LogP) is 4.27. The van der Waals surface area contributed by atoms with Crippen molar-refractivity contribution < 1.29 is 14.3 Å². The lowest BCUT2D eigenvalue weighted by Crippen LogP contribution is -2.55. The van der Waals surface area contributed by atoms with Gasteiger partial charge in [-0.05, 0) is 57.8 Å². The smallest absolute Gasteiger partial charge is 0.410 e. The number of carbonyl (C=O) groups excluding carboxylic acids is 2. The molecule has 0 spiro atoms. The Bertz CT molecular complexity index is 454. The van der Waals surface area contributed by atoms with Crippen LogP contribution in [0.2, 0.25) is 0 Å². The number of hydrogen-bond donors (Lipinski definition) is 0. The number of ether oxygens (including phenoxy) is 1. The van der Waals surface area contributed by atoms with Gasteiger partial charge in [0.2, 0.25) is 0 Å². The van der Waals surface area contributed by atoms with Gasteiger partial charge >= 0.3 is 6.09 Å². The number of amides is 1. The summed E-state index contributed by atoms with van der Waals surface area (Å²) in [6.45, 7) is 12.9. The van der Waals surface area contributed by atoms with Crippen LogP contribution in [0.25, 0.3) is 0 Å². The van der Waals surface area contributed by atoms with Gasteiger partial charge in [0.25, 0.3) is 0 Å². The third-order valence-corrected chi connectivity index (χ3v) is 5.26. The Labute approximate surface area is 140 Å². The Morgan fingerprint density at radius 3 is 2.35 bits per heavy atom. The first-order valence-corrected chi connectivity index (χ1v) is 9.10. The fourth-order valence-electron chi connectivity index (χ4n) is 4.33. The topological polar surface area (TPSA) is 46.6 Å². The Morgan fingerprint density at radius 2 is 1.78 bits per heavy atom. The van der Waals surface area contributed by atoms with Crippen LogP contribution in [0, 0.1) is 23.7 Å². The predicted molar refractivity (Wildman–Crippen MR) is 91.2 cm³/mol. The van der Waals surface area contributed by atoms with Crippen molar-refractivity contribution in [2.24, 2.45) is 23.7 Å². The first-order chi connectivity index (χ1) is 10.6. The normalized spacial score (nSPS) is 36.0. The molecule has 0 aromatic heterocycles. The van der Waals surface area contributed by atoms with Gasteiger partial charge in [-0.3, -0.25) is 4.79 Å². The summed E-state index contributed by atoms with van der Waals surface area (Å²) < 4.78 is 5.60. The second-order valence-electron chi connectivity index (χ2n) is 8.89. The number of Topliss-reactive ketones (excluding diaryl/α,β-unsaturated/α-hetero) is 1. The molecule has 0 bridgehead atoms. The van der Waals surface area contributed by atoms with Gasteiger partial charge in [-0.1, -0.05) is 20.8 Å². The molecule has 4 nitrogen and oxygen atoms in total. The molecule has 132 valence electrons. The number of piperidine rings is 1. The summed E-state index contributed by atoms with van der Waals surface area (Å²) in [5.41, 5.74) is -0.499. The number of carbonyl (C=O) groups is 2. The standard InChI is InChI=1S/C19H33NO3/c1-12-7-8-20(18(22)23-19(4,5)6)15(10-12)17-14(3)9-13(2)11-16(17)21/h12-15,17H,7-11H2,1-6H3. The van der Waals surface area contributed by atoms with E-state index in [1.165, 1.54) is 0 Å². The van der Waals surface area contributed by atoms with Crippen molar-refractivity contribution in [2.75, 3.05) is 6.54 Å². The molecule has 4 heteroatoms. The van der Waals surface area contributed by atoms with Crippen LogP contribution >= 0.6 is 0 Å². The van der Waals surface area contributed by atoms with E-state index in [1.54, 1.807) is 0 Å². The highest BCUT2D eigenvalue weighted by molar-refractivity contribution is 5.83. The second kappa shape index (κ2) is 6.82. The molecule has 2 fully saturated rings. The molecule has 1 aliphatic heterocycles. The van der Waals surface area contributed by atoms with Crippen molar-refractivity contribution in [1.82, 2.24) is 4.90 Å². The maximum absolute atomic E-state index is 12.7. The van der Waals surface area contributed by atoms with Crippen LogP contribution in [0.4, 0.5) is 4.79 Å². The third kappa shape index (κ3) is 4.48. The molecule has 1 heterocycles. The highest BCUT2D eigenvalue weighted by atomic mass is 16.6. The van der Waals surface area contributed by atoms with Gasteiger partial charge in [-0.25, -0.2) is 4.79 Å². The zero-order valence-electron chi connectivity index (χ0n) is 15.6. The molecule has 1 saturated carbocycles. The third-order valence-electron chi connectivity index (χ3n) is 5.26. The lowest BCUT2D eigenvalue weighted by Gasteiger charge is -2.46. The van der Waals surface area contributed by atoms with E-state index in [1.807, 2.05) is 25.7 Å². The second-order valence-corrected chi connectivity index (χ2v) is 8.89. The quantitative estimate of drug-likeness (QED) is 0.724. The van der Waals surface area contributed by atoms with Gasteiger partial charge in [-0.15, -0.1) is 0 Å². The van der Waals surface area contributed by atoms with Gasteiger partial charge in [0.15, 0.2) is 0 Å². The van der Waals surface area contributed by atoms with Crippen LogP contribution in [0.3, 0.4) is 0 Å². The maximum atomic E-state index is 12.7. The average molecular weight is 323 g/mol. The average Bonchev–Trinajstić information content (AvgIpc) is 2.35. The van der Waals surface area contributed by atoms with Crippen molar-refractivity contribution in [3.05, 3.63) is 0 Å². The molecule has 0 aromatic rings. The van der Waals surface area contributed by atoms with Crippen molar-refractivity contribution in [2.45, 2.75) is 78.9 Å². The van der Waals surface area contributed by atoms with Gasteiger partial charge in [0, 0.05) is 24.9 Å². The molecule has 2 aliphatic rings. The van der Waals surface area contributed by atoms with Crippen LogP contribution in [0.1, 0.15) is 67.2 Å². The van der Waals surface area contributed by atoms with Gasteiger partial charge in [-0.2, -0.15) is 0 Å². The number of nitrogens with zero attached hydrogens (tertiary/aromatic N) is 1. The minimum atomic E-state index is -0.499. The summed E-state index contributed by atoms with van der Waals surface area (Å²) in [7, 11) is 0. The molecule has 5 unspecified atom stereocenters. The lowest BCUT2D eigenvalue weighted by molar-refractivity contribution is -0.132. The van der Waals surface area contributed by atoms with Crippen LogP contribution in [0.15, 0.2) is 0 Å². The number of rotatable bonds is 1. The van der Waals surface area contributed by atoms with Crippen LogP contribution in [-0.2, 0) is 9.53 Å². The van der Waals surface area contributed by atoms with E-state index in [9.17, 15) is 9.59 Å². The zero-order valence-corrected chi connectivity index (χ0v) is 15.6. The molecule has 2 rings (SSSR count). The van der Waals surface area contributed by atoms with Crippen LogP contribution in [0.5, 0.6) is 0 Å². The minimum absolute atomic E-state index is 0.00333. The van der Waals surface area contributed by atoms with Crippen molar-refractivity contribution in [3.63, 3.8) is 0 Å². The minimum Gasteiger partial charge on any atom is -0.444 e. The van der Waals surface area contributed by atoms with E-state index in [2.05, 4.69) is 20.8 Å². The highest BCUT2D eigenvalue weighted by Crippen LogP contribution is 2.39. The molecule has 0 radical (unpaired) electrons. The molecule has 1 aliphatic carbocycles. The molecule has 1 amide bonds. The number of ketones is 1. The summed E-state index contributed by atoms with van der Waals surface area (Å²) in [4.78, 5) is 27.2. The number of likely N-dealkylation sites (tertiary alicyclic amines) is 1. The van der Waals surface area contributed by atoms with Crippen LogP contribution in [-0.4, -0.2) is 35.0 Å². The summed E-state index contributed by atoms with van der Waals surface area (Å²) in [6.07, 6.45) is 3.37. The molecule has 23 heavy (non-hydrogen) atoms. The molecule has 1 saturated heterocycles. The fraction of sp³-hybridized carbons (Fsp3) is 0.895. The van der Waals surface area contributed by atoms with E-state index in [0.29, 0.717) is 36.5 Å². The van der Waals surface area contributed by atoms with Gasteiger partial charge < -0.3 is 9.64 Å². The SMILES string of the molecule is CC1CC(=O)C(C2CC(C)CCN2C(=O)OC(C)(C)C)C(C)C1.